The van der Waals surface area contributed by atoms with E-state index in [9.17, 15) is 23.9 Å². The second kappa shape index (κ2) is 7.59. The van der Waals surface area contributed by atoms with Gasteiger partial charge in [-0.25, -0.2) is 19.0 Å². The molecule has 1 aromatic rings. The minimum atomic E-state index is -1.75. The number of piperazine rings is 1. The average Bonchev–Trinajstić information content (AvgIpc) is 3.16. The Kier molecular flexibility index (Phi) is 5.40. The summed E-state index contributed by atoms with van der Waals surface area (Å²) in [4.78, 5) is 38.5. The molecule has 3 N–H and O–H groups in total. The Morgan fingerprint density at radius 2 is 2.19 bits per heavy atom. The number of carboxylic acid groups (broad SMARTS) is 1. The number of carbonyl (C=O) groups is 3. The minimum absolute atomic E-state index is 0.0132. The predicted molar refractivity (Wildman–Crippen MR) is 90.9 cm³/mol. The molecule has 27 heavy (non-hydrogen) atoms. The van der Waals surface area contributed by atoms with E-state index in [4.69, 9.17) is 4.74 Å². The first-order valence-electron chi connectivity index (χ1n) is 8.51. The van der Waals surface area contributed by atoms with E-state index < -0.39 is 29.5 Å². The van der Waals surface area contributed by atoms with E-state index in [2.05, 4.69) is 10.6 Å². The first kappa shape index (κ1) is 19.2. The molecule has 2 fully saturated rings. The number of nitrogens with zero attached hydrogens (tertiary/aromatic N) is 2. The molecule has 0 aliphatic carbocycles. The molecule has 1 aromatic carbocycles. The van der Waals surface area contributed by atoms with Crippen LogP contribution in [0.5, 0.6) is 0 Å². The third-order valence-corrected chi connectivity index (χ3v) is 4.69. The van der Waals surface area contributed by atoms with Crippen LogP contribution < -0.4 is 10.6 Å². The normalized spacial score (nSPS) is 26.2. The van der Waals surface area contributed by atoms with Crippen molar-refractivity contribution in [3.8, 4) is 0 Å². The topological polar surface area (TPSA) is 111 Å². The molecule has 2 unspecified atom stereocenters. The number of carbonyl (C=O) groups excluding carboxylic acids is 2. The Balaban J connectivity index is 2.09. The Morgan fingerprint density at radius 1 is 1.44 bits per heavy atom. The van der Waals surface area contributed by atoms with Crippen molar-refractivity contribution in [1.82, 2.24) is 20.4 Å². The molecule has 2 saturated heterocycles. The molecule has 10 heteroatoms. The summed E-state index contributed by atoms with van der Waals surface area (Å²) in [6, 6.07) is 5.12. The summed E-state index contributed by atoms with van der Waals surface area (Å²) in [6.07, 6.45) is -1.44. The Labute approximate surface area is 155 Å². The lowest BCUT2D eigenvalue weighted by atomic mass is 9.91. The predicted octanol–water partition coefficient (Wildman–Crippen LogP) is -0.117. The maximum absolute atomic E-state index is 14.7. The molecule has 0 spiro atoms. The van der Waals surface area contributed by atoms with Gasteiger partial charge in [-0.2, -0.15) is 0 Å². The highest BCUT2D eigenvalue weighted by Gasteiger charge is 2.55. The second-order valence-electron chi connectivity index (χ2n) is 6.47. The van der Waals surface area contributed by atoms with Crippen molar-refractivity contribution >= 4 is 17.9 Å². The van der Waals surface area contributed by atoms with Crippen molar-refractivity contribution in [2.24, 2.45) is 0 Å². The highest BCUT2D eigenvalue weighted by molar-refractivity contribution is 5.98. The molecule has 146 valence electrons. The number of rotatable bonds is 4. The fourth-order valence-corrected chi connectivity index (χ4v) is 3.47. The number of benzene rings is 1. The lowest BCUT2D eigenvalue weighted by Crippen LogP contribution is -2.74. The molecule has 9 nitrogen and oxygen atoms in total. The van der Waals surface area contributed by atoms with E-state index in [1.165, 1.54) is 25.1 Å². The number of ether oxygens (including phenoxy) is 1. The lowest BCUT2D eigenvalue weighted by Gasteiger charge is -2.48. The molecule has 3 amide bonds. The first-order valence-corrected chi connectivity index (χ1v) is 8.51. The monoisotopic (exact) mass is 380 g/mol. The molecule has 0 saturated carbocycles. The van der Waals surface area contributed by atoms with Crippen LogP contribution in [0.4, 0.5) is 9.18 Å². The smallest absolute Gasteiger partial charge is 0.414 e. The molecular formula is C17H21FN4O5. The van der Waals surface area contributed by atoms with E-state index >= 15 is 0 Å². The van der Waals surface area contributed by atoms with E-state index in [0.717, 1.165) is 0 Å². The summed E-state index contributed by atoms with van der Waals surface area (Å²) in [5, 5.41) is 15.2. The SMILES string of the molecule is CC(=O)NCC1CN(C(=O)O)C(=O)C(c2ccccc2F)(N2CCOC2)N1. The van der Waals surface area contributed by atoms with Crippen LogP contribution in [-0.2, 0) is 20.0 Å². The number of imide groups is 1. The standard InChI is InChI=1S/C17H21FN4O5/c1-11(23)19-8-12-9-22(16(25)26)15(24)17(20-12,21-6-7-27-10-21)13-4-2-3-5-14(13)18/h2-5,12,20H,6-10H2,1H3,(H,19,23)(H,25,26). The van der Waals surface area contributed by atoms with E-state index in [-0.39, 0.29) is 31.3 Å². The van der Waals surface area contributed by atoms with Crippen LogP contribution in [0.15, 0.2) is 24.3 Å². The van der Waals surface area contributed by atoms with Gasteiger partial charge in [-0.05, 0) is 6.07 Å². The molecule has 2 heterocycles. The molecule has 2 aliphatic rings. The van der Waals surface area contributed by atoms with Crippen molar-refractivity contribution in [1.29, 1.82) is 0 Å². The number of hydrogen-bond acceptors (Lipinski definition) is 6. The molecular weight excluding hydrogens is 359 g/mol. The van der Waals surface area contributed by atoms with Gasteiger partial charge in [0, 0.05) is 38.2 Å². The van der Waals surface area contributed by atoms with Gasteiger partial charge in [0.1, 0.15) is 12.5 Å². The summed E-state index contributed by atoms with van der Waals surface area (Å²) in [5.41, 5.74) is -1.74. The van der Waals surface area contributed by atoms with E-state index in [1.54, 1.807) is 11.0 Å². The molecule has 2 atom stereocenters. The van der Waals surface area contributed by atoms with Crippen LogP contribution in [0.1, 0.15) is 12.5 Å². The van der Waals surface area contributed by atoms with Crippen LogP contribution in [0.25, 0.3) is 0 Å². The highest BCUT2D eigenvalue weighted by atomic mass is 19.1. The van der Waals surface area contributed by atoms with Crippen molar-refractivity contribution in [2.45, 2.75) is 18.6 Å². The van der Waals surface area contributed by atoms with Crippen LogP contribution in [-0.4, -0.2) is 71.8 Å². The minimum Gasteiger partial charge on any atom is -0.465 e. The maximum atomic E-state index is 14.7. The number of hydrogen-bond donors (Lipinski definition) is 3. The summed E-state index contributed by atoms with van der Waals surface area (Å²) in [7, 11) is 0. The zero-order valence-electron chi connectivity index (χ0n) is 14.8. The van der Waals surface area contributed by atoms with Gasteiger partial charge in [-0.1, -0.05) is 18.2 Å². The van der Waals surface area contributed by atoms with E-state index in [1.807, 2.05) is 0 Å². The molecule has 3 rings (SSSR count). The lowest BCUT2D eigenvalue weighted by molar-refractivity contribution is -0.153. The van der Waals surface area contributed by atoms with Crippen molar-refractivity contribution in [3.63, 3.8) is 0 Å². The highest BCUT2D eigenvalue weighted by Crippen LogP contribution is 2.34. The van der Waals surface area contributed by atoms with Gasteiger partial charge in [0.2, 0.25) is 5.91 Å². The first-order chi connectivity index (χ1) is 12.9. The fraction of sp³-hybridized carbons (Fsp3) is 0.471. The zero-order valence-corrected chi connectivity index (χ0v) is 14.8. The third-order valence-electron chi connectivity index (χ3n) is 4.69. The molecule has 0 aromatic heterocycles. The van der Waals surface area contributed by atoms with Gasteiger partial charge in [0.05, 0.1) is 6.61 Å². The Bertz CT molecular complexity index is 755. The quantitative estimate of drug-likeness (QED) is 0.668. The number of nitrogens with one attached hydrogen (secondary N) is 2. The van der Waals surface area contributed by atoms with Crippen molar-refractivity contribution in [3.05, 3.63) is 35.6 Å². The van der Waals surface area contributed by atoms with Crippen LogP contribution in [0.3, 0.4) is 0 Å². The van der Waals surface area contributed by atoms with Crippen LogP contribution in [0, 0.1) is 5.82 Å². The third kappa shape index (κ3) is 3.51. The Hall–Kier alpha value is -2.56. The summed E-state index contributed by atoms with van der Waals surface area (Å²) in [6.45, 7) is 1.92. The molecule has 2 aliphatic heterocycles. The zero-order chi connectivity index (χ0) is 19.6. The van der Waals surface area contributed by atoms with Crippen LogP contribution >= 0.6 is 0 Å². The average molecular weight is 380 g/mol. The van der Waals surface area contributed by atoms with Gasteiger partial charge in [-0.15, -0.1) is 0 Å². The van der Waals surface area contributed by atoms with Gasteiger partial charge >= 0.3 is 6.09 Å². The van der Waals surface area contributed by atoms with Gasteiger partial charge in [-0.3, -0.25) is 14.9 Å². The van der Waals surface area contributed by atoms with Gasteiger partial charge in [0.25, 0.3) is 5.91 Å². The maximum Gasteiger partial charge on any atom is 0.414 e. The fourth-order valence-electron chi connectivity index (χ4n) is 3.47. The molecule has 0 bridgehead atoms. The number of amides is 3. The van der Waals surface area contributed by atoms with Crippen molar-refractivity contribution in [2.75, 3.05) is 33.0 Å². The van der Waals surface area contributed by atoms with Gasteiger partial charge in [0.15, 0.2) is 5.66 Å². The summed E-state index contributed by atoms with van der Waals surface area (Å²) < 4.78 is 20.1. The summed E-state index contributed by atoms with van der Waals surface area (Å²) in [5.74, 6) is -1.74. The number of halogens is 1. The second-order valence-corrected chi connectivity index (χ2v) is 6.47. The molecule has 0 radical (unpaired) electrons. The van der Waals surface area contributed by atoms with E-state index in [0.29, 0.717) is 18.1 Å². The Morgan fingerprint density at radius 3 is 2.78 bits per heavy atom. The summed E-state index contributed by atoms with van der Waals surface area (Å²) >= 11 is 0. The van der Waals surface area contributed by atoms with Gasteiger partial charge < -0.3 is 15.2 Å². The largest absolute Gasteiger partial charge is 0.465 e. The van der Waals surface area contributed by atoms with Crippen LogP contribution in [0.2, 0.25) is 0 Å². The van der Waals surface area contributed by atoms with Crippen molar-refractivity contribution < 1.29 is 28.6 Å².